The molecule has 4 nitrogen and oxygen atoms in total. The van der Waals surface area contributed by atoms with Crippen LogP contribution in [0, 0.1) is 0 Å². The van der Waals surface area contributed by atoms with Gasteiger partial charge in [-0.15, -0.1) is 0 Å². The van der Waals surface area contributed by atoms with Crippen molar-refractivity contribution < 1.29 is 0 Å². The van der Waals surface area contributed by atoms with Gasteiger partial charge in [-0.25, -0.2) is 4.98 Å². The maximum Gasteiger partial charge on any atom is 0.147 e. The highest BCUT2D eigenvalue weighted by Crippen LogP contribution is 2.40. The molecule has 0 aliphatic rings. The zero-order valence-corrected chi connectivity index (χ0v) is 27.1. The Morgan fingerprint density at radius 3 is 2.10 bits per heavy atom. The molecule has 4 heteroatoms. The van der Waals surface area contributed by atoms with Crippen LogP contribution in [0.15, 0.2) is 176 Å². The van der Waals surface area contributed by atoms with Gasteiger partial charge in [0.15, 0.2) is 0 Å². The molecule has 0 saturated carbocycles. The zero-order valence-electron chi connectivity index (χ0n) is 27.1. The number of aromatic nitrogens is 4. The highest BCUT2D eigenvalue weighted by Gasteiger charge is 2.22. The Labute approximate surface area is 289 Å². The van der Waals surface area contributed by atoms with E-state index in [1.807, 2.05) is 6.20 Å². The molecule has 0 aliphatic heterocycles. The number of H-pyrrole nitrogens is 1. The predicted octanol–water partition coefficient (Wildman–Crippen LogP) is 11.9. The van der Waals surface area contributed by atoms with E-state index in [1.54, 1.807) is 0 Å². The molecule has 50 heavy (non-hydrogen) atoms. The van der Waals surface area contributed by atoms with Gasteiger partial charge in [0.25, 0.3) is 0 Å². The number of nitrogens with zero attached hydrogens (tertiary/aromatic N) is 3. The number of pyridine rings is 1. The molecule has 0 saturated heterocycles. The van der Waals surface area contributed by atoms with Crippen molar-refractivity contribution in [1.29, 1.82) is 0 Å². The van der Waals surface area contributed by atoms with E-state index in [0.29, 0.717) is 0 Å². The van der Waals surface area contributed by atoms with E-state index >= 15 is 0 Å². The van der Waals surface area contributed by atoms with Crippen molar-refractivity contribution in [3.05, 3.63) is 176 Å². The van der Waals surface area contributed by atoms with Gasteiger partial charge in [-0.3, -0.25) is 9.55 Å². The summed E-state index contributed by atoms with van der Waals surface area (Å²) in [5, 5.41) is 4.70. The Bertz CT molecular complexity index is 2880. The van der Waals surface area contributed by atoms with Crippen LogP contribution in [0.5, 0.6) is 0 Å². The van der Waals surface area contributed by atoms with Crippen LogP contribution in [0.3, 0.4) is 0 Å². The van der Waals surface area contributed by atoms with Crippen molar-refractivity contribution in [2.75, 3.05) is 0 Å². The second kappa shape index (κ2) is 11.4. The summed E-state index contributed by atoms with van der Waals surface area (Å²) in [4.78, 5) is 14.1. The number of rotatable bonds is 5. The summed E-state index contributed by atoms with van der Waals surface area (Å²) in [5.74, 6) is 0.889. The first-order valence-electron chi connectivity index (χ1n) is 16.9. The fourth-order valence-electron chi connectivity index (χ4n) is 7.43. The molecule has 3 aromatic heterocycles. The van der Waals surface area contributed by atoms with E-state index in [0.717, 1.165) is 78.0 Å². The lowest BCUT2D eigenvalue weighted by Crippen LogP contribution is -2.00. The average molecular weight is 639 g/mol. The fraction of sp³-hybridized carbons (Fsp3) is 0. The molecule has 0 atom stereocenters. The molecule has 0 unspecified atom stereocenters. The van der Waals surface area contributed by atoms with Gasteiger partial charge in [0.1, 0.15) is 5.82 Å². The van der Waals surface area contributed by atoms with Crippen LogP contribution in [-0.4, -0.2) is 19.5 Å². The summed E-state index contributed by atoms with van der Waals surface area (Å²) in [6.45, 7) is 0. The molecule has 0 radical (unpaired) electrons. The van der Waals surface area contributed by atoms with Gasteiger partial charge in [0.2, 0.25) is 0 Å². The van der Waals surface area contributed by atoms with Crippen molar-refractivity contribution in [3.63, 3.8) is 0 Å². The molecule has 1 N–H and O–H groups in total. The number of hydrogen-bond acceptors (Lipinski definition) is 2. The maximum absolute atomic E-state index is 5.56. The molecule has 7 aromatic carbocycles. The minimum Gasteiger partial charge on any atom is -0.354 e. The van der Waals surface area contributed by atoms with E-state index < -0.39 is 0 Å². The lowest BCUT2D eigenvalue weighted by Gasteiger charge is -2.15. The fourth-order valence-corrected chi connectivity index (χ4v) is 7.43. The van der Waals surface area contributed by atoms with Gasteiger partial charge < -0.3 is 4.98 Å². The highest BCUT2D eigenvalue weighted by molar-refractivity contribution is 6.12. The van der Waals surface area contributed by atoms with Crippen LogP contribution in [-0.2, 0) is 0 Å². The monoisotopic (exact) mass is 638 g/mol. The number of benzene rings is 7. The van der Waals surface area contributed by atoms with Gasteiger partial charge in [0, 0.05) is 50.1 Å². The first kappa shape index (κ1) is 28.3. The topological polar surface area (TPSA) is 46.5 Å². The predicted molar refractivity (Wildman–Crippen MR) is 207 cm³/mol. The molecule has 0 fully saturated rings. The van der Waals surface area contributed by atoms with Crippen molar-refractivity contribution >= 4 is 43.6 Å². The third-order valence-corrected chi connectivity index (χ3v) is 9.80. The Hall–Kier alpha value is -6.78. The second-order valence-electron chi connectivity index (χ2n) is 12.7. The molecule has 0 aliphatic carbocycles. The number of imidazole rings is 1. The van der Waals surface area contributed by atoms with E-state index in [-0.39, 0.29) is 0 Å². The van der Waals surface area contributed by atoms with Crippen molar-refractivity contribution in [2.45, 2.75) is 0 Å². The zero-order chi connectivity index (χ0) is 33.0. The van der Waals surface area contributed by atoms with E-state index in [9.17, 15) is 0 Å². The third-order valence-electron chi connectivity index (χ3n) is 9.80. The number of hydrogen-bond donors (Lipinski definition) is 1. The number of aromatic amines is 1. The molecular weight excluding hydrogens is 609 g/mol. The molecule has 0 bridgehead atoms. The Balaban J connectivity index is 1.24. The molecular formula is C46H30N4. The van der Waals surface area contributed by atoms with Gasteiger partial charge in [-0.05, 0) is 52.9 Å². The quantitative estimate of drug-likeness (QED) is 0.204. The van der Waals surface area contributed by atoms with Crippen molar-refractivity contribution in [1.82, 2.24) is 19.5 Å². The number of fused-ring (bicyclic) bond motifs is 5. The summed E-state index contributed by atoms with van der Waals surface area (Å²) < 4.78 is 2.34. The molecule has 0 amide bonds. The molecule has 234 valence electrons. The lowest BCUT2D eigenvalue weighted by molar-refractivity contribution is 1.11. The van der Waals surface area contributed by atoms with Crippen molar-refractivity contribution in [3.8, 4) is 50.6 Å². The van der Waals surface area contributed by atoms with Crippen LogP contribution in [0.1, 0.15) is 0 Å². The minimum absolute atomic E-state index is 0.889. The smallest absolute Gasteiger partial charge is 0.147 e. The second-order valence-corrected chi connectivity index (χ2v) is 12.7. The summed E-state index contributed by atoms with van der Waals surface area (Å²) in [6.07, 6.45) is 1.96. The van der Waals surface area contributed by atoms with Crippen LogP contribution >= 0.6 is 0 Å². The average Bonchev–Trinajstić information content (AvgIpc) is 3.77. The van der Waals surface area contributed by atoms with Crippen LogP contribution in [0.4, 0.5) is 0 Å². The van der Waals surface area contributed by atoms with E-state index in [2.05, 4.69) is 179 Å². The summed E-state index contributed by atoms with van der Waals surface area (Å²) >= 11 is 0. The Kier molecular flexibility index (Phi) is 6.46. The summed E-state index contributed by atoms with van der Waals surface area (Å²) in [5.41, 5.74) is 12.8. The van der Waals surface area contributed by atoms with Gasteiger partial charge >= 0.3 is 0 Å². The number of para-hydroxylation sites is 4. The molecule has 10 rings (SSSR count). The standard InChI is InChI=1S/C46H30N4/c1-2-13-30(14-3-1)35-19-7-9-25-42(35)50-43-26-12-21-36(32-17-10-18-33(27-32)41-28-31-15-4-5-16-34(31)29-47-41)45(43)49-46(50)39-23-11-22-38-37-20-6-8-24-40(37)48-44(38)39/h1-29,48H. The summed E-state index contributed by atoms with van der Waals surface area (Å²) in [6, 6.07) is 60.0. The van der Waals surface area contributed by atoms with Crippen LogP contribution in [0.2, 0.25) is 0 Å². The first-order valence-corrected chi connectivity index (χ1v) is 16.9. The molecule has 3 heterocycles. The normalized spacial score (nSPS) is 11.6. The Morgan fingerprint density at radius 1 is 0.480 bits per heavy atom. The maximum atomic E-state index is 5.56. The first-order chi connectivity index (χ1) is 24.8. The molecule has 0 spiro atoms. The van der Waals surface area contributed by atoms with Crippen molar-refractivity contribution in [2.24, 2.45) is 0 Å². The Morgan fingerprint density at radius 2 is 1.16 bits per heavy atom. The third kappa shape index (κ3) is 4.54. The van der Waals surface area contributed by atoms with Gasteiger partial charge in [0.05, 0.1) is 27.9 Å². The number of nitrogens with one attached hydrogen (secondary N) is 1. The van der Waals surface area contributed by atoms with E-state index in [4.69, 9.17) is 9.97 Å². The van der Waals surface area contributed by atoms with E-state index in [1.165, 1.54) is 16.2 Å². The van der Waals surface area contributed by atoms with Gasteiger partial charge in [-0.2, -0.15) is 0 Å². The lowest BCUT2D eigenvalue weighted by atomic mass is 9.99. The van der Waals surface area contributed by atoms with Crippen LogP contribution < -0.4 is 0 Å². The SMILES string of the molecule is c1ccc(-c2ccccc2-n2c(-c3cccc4c3[nH]c3ccccc34)nc3c(-c4cccc(-c5cc6ccccc6cn5)c4)cccc32)cc1. The minimum atomic E-state index is 0.889. The van der Waals surface area contributed by atoms with Gasteiger partial charge in [-0.1, -0.05) is 133 Å². The highest BCUT2D eigenvalue weighted by atomic mass is 15.1. The largest absolute Gasteiger partial charge is 0.354 e. The molecule has 10 aromatic rings. The van der Waals surface area contributed by atoms with Crippen LogP contribution in [0.25, 0.3) is 94.2 Å². The summed E-state index contributed by atoms with van der Waals surface area (Å²) in [7, 11) is 0.